The number of ether oxygens (including phenoxy) is 1. The second kappa shape index (κ2) is 12.8. The van der Waals surface area contributed by atoms with Gasteiger partial charge < -0.3 is 15.0 Å². The molecule has 1 aliphatic heterocycles. The van der Waals surface area contributed by atoms with Crippen LogP contribution in [0, 0.1) is 6.92 Å². The minimum atomic E-state index is 0.117. The lowest BCUT2D eigenvalue weighted by molar-refractivity contribution is -0.122. The molecule has 158 valence electrons. The molecular weight excluding hydrogens is 352 g/mol. The second-order valence-electron chi connectivity index (χ2n) is 7.81. The van der Waals surface area contributed by atoms with E-state index in [1.54, 1.807) is 7.11 Å². The molecule has 6 nitrogen and oxygen atoms in total. The van der Waals surface area contributed by atoms with E-state index in [4.69, 9.17) is 4.74 Å². The average molecular weight is 391 g/mol. The Balaban J connectivity index is 1.51. The maximum Gasteiger partial charge on any atom is 0.234 e. The van der Waals surface area contributed by atoms with Gasteiger partial charge in [0.2, 0.25) is 5.91 Å². The van der Waals surface area contributed by atoms with Crippen LogP contribution in [0.3, 0.4) is 0 Å². The number of amides is 1. The zero-order valence-electron chi connectivity index (χ0n) is 18.0. The zero-order valence-corrected chi connectivity index (χ0v) is 18.0. The lowest BCUT2D eigenvalue weighted by Crippen LogP contribution is -2.46. The smallest absolute Gasteiger partial charge is 0.234 e. The summed E-state index contributed by atoms with van der Waals surface area (Å²) in [5.41, 5.74) is 2.66. The Morgan fingerprint density at radius 3 is 2.68 bits per heavy atom. The third kappa shape index (κ3) is 8.59. The predicted octanol–water partition coefficient (Wildman–Crippen LogP) is 1.98. The van der Waals surface area contributed by atoms with Crippen molar-refractivity contribution in [3.63, 3.8) is 0 Å². The highest BCUT2D eigenvalue weighted by Crippen LogP contribution is 2.17. The van der Waals surface area contributed by atoms with Gasteiger partial charge in [-0.2, -0.15) is 0 Å². The van der Waals surface area contributed by atoms with Gasteiger partial charge in [0.25, 0.3) is 0 Å². The van der Waals surface area contributed by atoms with E-state index in [0.717, 1.165) is 71.7 Å². The van der Waals surface area contributed by atoms with Crippen LogP contribution in [-0.4, -0.2) is 88.8 Å². The Morgan fingerprint density at radius 2 is 1.96 bits per heavy atom. The number of benzene rings is 1. The van der Waals surface area contributed by atoms with Crippen LogP contribution in [0.1, 0.15) is 24.8 Å². The number of piperazine rings is 1. The molecule has 1 saturated heterocycles. The van der Waals surface area contributed by atoms with Crippen LogP contribution in [0.25, 0.3) is 0 Å². The summed E-state index contributed by atoms with van der Waals surface area (Å²) in [5.74, 6) is 0.117. The summed E-state index contributed by atoms with van der Waals surface area (Å²) in [6, 6.07) is 8.77. The van der Waals surface area contributed by atoms with E-state index in [2.05, 4.69) is 46.3 Å². The van der Waals surface area contributed by atoms with Gasteiger partial charge in [-0.05, 0) is 57.5 Å². The molecular formula is C22H38N4O2. The van der Waals surface area contributed by atoms with Crippen LogP contribution < -0.4 is 10.2 Å². The number of unbranched alkanes of at least 4 members (excludes halogenated alkanes) is 1. The van der Waals surface area contributed by atoms with E-state index in [1.807, 2.05) is 11.9 Å². The van der Waals surface area contributed by atoms with Gasteiger partial charge in [-0.25, -0.2) is 0 Å². The number of nitrogens with one attached hydrogen (secondary N) is 1. The third-order valence-corrected chi connectivity index (χ3v) is 5.26. The van der Waals surface area contributed by atoms with Crippen molar-refractivity contribution in [3.8, 4) is 0 Å². The van der Waals surface area contributed by atoms with Crippen LogP contribution in [-0.2, 0) is 9.53 Å². The molecule has 0 bridgehead atoms. The van der Waals surface area contributed by atoms with Gasteiger partial charge in [0.15, 0.2) is 0 Å². The minimum Gasteiger partial charge on any atom is -0.385 e. The van der Waals surface area contributed by atoms with E-state index in [-0.39, 0.29) is 5.91 Å². The first-order valence-corrected chi connectivity index (χ1v) is 10.6. The summed E-state index contributed by atoms with van der Waals surface area (Å²) in [6.07, 6.45) is 3.13. The van der Waals surface area contributed by atoms with Crippen molar-refractivity contribution < 1.29 is 9.53 Å². The number of carbonyl (C=O) groups is 1. The van der Waals surface area contributed by atoms with Crippen molar-refractivity contribution in [3.05, 3.63) is 29.8 Å². The molecule has 1 fully saturated rings. The second-order valence-corrected chi connectivity index (χ2v) is 7.81. The maximum absolute atomic E-state index is 11.9. The quantitative estimate of drug-likeness (QED) is 0.553. The molecule has 0 aromatic heterocycles. The van der Waals surface area contributed by atoms with Gasteiger partial charge >= 0.3 is 0 Å². The Labute approximate surface area is 170 Å². The highest BCUT2D eigenvalue weighted by Gasteiger charge is 2.16. The first kappa shape index (κ1) is 22.7. The molecule has 1 aliphatic rings. The topological polar surface area (TPSA) is 48.1 Å². The number of anilines is 1. The molecule has 1 N–H and O–H groups in total. The number of hydrogen-bond donors (Lipinski definition) is 1. The lowest BCUT2D eigenvalue weighted by atomic mass is 10.2. The average Bonchev–Trinajstić information content (AvgIpc) is 2.68. The van der Waals surface area contributed by atoms with E-state index >= 15 is 0 Å². The molecule has 0 unspecified atom stereocenters. The van der Waals surface area contributed by atoms with Gasteiger partial charge in [0.05, 0.1) is 6.54 Å². The summed E-state index contributed by atoms with van der Waals surface area (Å²) in [7, 11) is 3.68. The van der Waals surface area contributed by atoms with Gasteiger partial charge in [0.1, 0.15) is 0 Å². The molecule has 0 saturated carbocycles. The number of carbonyl (C=O) groups excluding carboxylic acids is 1. The first-order chi connectivity index (χ1) is 13.6. The van der Waals surface area contributed by atoms with Gasteiger partial charge in [0, 0.05) is 58.7 Å². The fourth-order valence-corrected chi connectivity index (χ4v) is 3.60. The summed E-state index contributed by atoms with van der Waals surface area (Å²) >= 11 is 0. The minimum absolute atomic E-state index is 0.117. The van der Waals surface area contributed by atoms with Gasteiger partial charge in [-0.1, -0.05) is 12.1 Å². The molecule has 1 aromatic carbocycles. The molecule has 1 aromatic rings. The largest absolute Gasteiger partial charge is 0.385 e. The van der Waals surface area contributed by atoms with Crippen molar-refractivity contribution in [1.29, 1.82) is 0 Å². The highest BCUT2D eigenvalue weighted by molar-refractivity contribution is 5.77. The molecule has 0 spiro atoms. The predicted molar refractivity (Wildman–Crippen MR) is 116 cm³/mol. The number of methoxy groups -OCH3 is 1. The van der Waals surface area contributed by atoms with Crippen molar-refractivity contribution in [2.45, 2.75) is 26.2 Å². The maximum atomic E-state index is 11.9. The fourth-order valence-electron chi connectivity index (χ4n) is 3.60. The third-order valence-electron chi connectivity index (χ3n) is 5.26. The monoisotopic (exact) mass is 390 g/mol. The molecule has 2 rings (SSSR count). The van der Waals surface area contributed by atoms with Crippen LogP contribution in [0.4, 0.5) is 5.69 Å². The lowest BCUT2D eigenvalue weighted by Gasteiger charge is -2.36. The molecule has 1 amide bonds. The van der Waals surface area contributed by atoms with Gasteiger partial charge in [-0.15, -0.1) is 0 Å². The molecule has 1 heterocycles. The van der Waals surface area contributed by atoms with E-state index in [9.17, 15) is 4.79 Å². The number of hydrogen-bond acceptors (Lipinski definition) is 5. The van der Waals surface area contributed by atoms with Crippen molar-refractivity contribution >= 4 is 11.6 Å². The molecule has 0 atom stereocenters. The van der Waals surface area contributed by atoms with Crippen molar-refractivity contribution in [2.75, 3.05) is 78.0 Å². The Morgan fingerprint density at radius 1 is 1.18 bits per heavy atom. The zero-order chi connectivity index (χ0) is 20.2. The summed E-state index contributed by atoms with van der Waals surface area (Å²) in [4.78, 5) is 19.0. The number of rotatable bonds is 12. The first-order valence-electron chi connectivity index (χ1n) is 10.6. The Kier molecular flexibility index (Phi) is 10.3. The molecule has 0 radical (unpaired) electrons. The normalized spacial score (nSPS) is 15.2. The van der Waals surface area contributed by atoms with Crippen LogP contribution in [0.15, 0.2) is 24.3 Å². The number of likely N-dealkylation sites (N-methyl/N-ethyl adjacent to an activating group) is 1. The van der Waals surface area contributed by atoms with Gasteiger partial charge in [-0.3, -0.25) is 14.6 Å². The summed E-state index contributed by atoms with van der Waals surface area (Å²) in [5, 5.41) is 3.04. The summed E-state index contributed by atoms with van der Waals surface area (Å²) < 4.78 is 5.04. The van der Waals surface area contributed by atoms with E-state index < -0.39 is 0 Å². The Hall–Kier alpha value is -1.63. The van der Waals surface area contributed by atoms with Crippen LogP contribution in [0.5, 0.6) is 0 Å². The molecule has 0 aliphatic carbocycles. The number of nitrogens with zero attached hydrogens (tertiary/aromatic N) is 3. The van der Waals surface area contributed by atoms with E-state index in [1.165, 1.54) is 11.3 Å². The summed E-state index contributed by atoms with van der Waals surface area (Å²) in [6.45, 7) is 10.6. The van der Waals surface area contributed by atoms with Crippen LogP contribution in [0.2, 0.25) is 0 Å². The fraction of sp³-hybridized carbons (Fsp3) is 0.682. The van der Waals surface area contributed by atoms with Crippen molar-refractivity contribution in [2.24, 2.45) is 0 Å². The SMILES string of the molecule is COCCCN(C)CC(=O)NCCCCN1CCN(c2cccc(C)c2)CC1. The Bertz CT molecular complexity index is 573. The highest BCUT2D eigenvalue weighted by atomic mass is 16.5. The number of aryl methyl sites for hydroxylation is 1. The standard InChI is InChI=1S/C22H38N4O2/c1-20-8-6-9-21(18-20)26-15-13-25(14-16-26)12-5-4-10-23-22(27)19-24(2)11-7-17-28-3/h6,8-9,18H,4-5,7,10-17,19H2,1-3H3,(H,23,27). The van der Waals surface area contributed by atoms with Crippen molar-refractivity contribution in [1.82, 2.24) is 15.1 Å². The molecule has 6 heteroatoms. The molecule has 28 heavy (non-hydrogen) atoms. The van der Waals surface area contributed by atoms with Crippen LogP contribution >= 0.6 is 0 Å². The van der Waals surface area contributed by atoms with E-state index in [0.29, 0.717) is 6.54 Å².